The lowest BCUT2D eigenvalue weighted by Crippen LogP contribution is -2.43. The third kappa shape index (κ3) is 2.73. The van der Waals surface area contributed by atoms with Crippen LogP contribution in [-0.2, 0) is 6.54 Å². The Bertz CT molecular complexity index is 803. The Morgan fingerprint density at radius 1 is 1.13 bits per heavy atom. The number of nitrogens with zero attached hydrogens (tertiary/aromatic N) is 4. The Balaban J connectivity index is 1.83. The van der Waals surface area contributed by atoms with Gasteiger partial charge in [0.25, 0.3) is 0 Å². The largest absolute Gasteiger partial charge is 0.314 e. The molecule has 1 fully saturated rings. The molecule has 1 aliphatic rings. The van der Waals surface area contributed by atoms with E-state index in [1.807, 2.05) is 24.5 Å². The molecule has 23 heavy (non-hydrogen) atoms. The van der Waals surface area contributed by atoms with Crippen LogP contribution in [0.5, 0.6) is 0 Å². The minimum Gasteiger partial charge on any atom is -0.314 e. The lowest BCUT2D eigenvalue weighted by molar-refractivity contribution is 0.230. The number of aryl methyl sites for hydroxylation is 1. The van der Waals surface area contributed by atoms with Crippen LogP contribution in [0.3, 0.4) is 0 Å². The molecule has 1 N–H and O–H groups in total. The Hall–Kier alpha value is -2.24. The van der Waals surface area contributed by atoms with E-state index >= 15 is 0 Å². The van der Waals surface area contributed by atoms with E-state index in [2.05, 4.69) is 44.9 Å². The van der Waals surface area contributed by atoms with E-state index in [9.17, 15) is 0 Å². The summed E-state index contributed by atoms with van der Waals surface area (Å²) in [6.07, 6.45) is 5.79. The van der Waals surface area contributed by atoms with Crippen molar-refractivity contribution in [1.82, 2.24) is 24.6 Å². The van der Waals surface area contributed by atoms with Crippen LogP contribution >= 0.6 is 0 Å². The number of imidazole rings is 1. The first kappa shape index (κ1) is 14.4. The molecule has 0 aliphatic carbocycles. The molecular formula is C18H21N5. The van der Waals surface area contributed by atoms with Crippen molar-refractivity contribution in [3.05, 3.63) is 54.1 Å². The van der Waals surface area contributed by atoms with Crippen LogP contribution in [-0.4, -0.2) is 45.4 Å². The molecule has 1 saturated heterocycles. The highest BCUT2D eigenvalue weighted by Gasteiger charge is 2.19. The van der Waals surface area contributed by atoms with Crippen molar-refractivity contribution in [2.24, 2.45) is 0 Å². The van der Waals surface area contributed by atoms with Crippen LogP contribution in [0.15, 0.2) is 42.9 Å². The summed E-state index contributed by atoms with van der Waals surface area (Å²) < 4.78 is 2.24. The van der Waals surface area contributed by atoms with Gasteiger partial charge in [-0.1, -0.05) is 6.07 Å². The van der Waals surface area contributed by atoms with Crippen molar-refractivity contribution in [3.8, 4) is 11.3 Å². The maximum Gasteiger partial charge on any atom is 0.140 e. The zero-order valence-corrected chi connectivity index (χ0v) is 13.4. The Morgan fingerprint density at radius 2 is 1.91 bits per heavy atom. The summed E-state index contributed by atoms with van der Waals surface area (Å²) in [6, 6.07) is 8.30. The van der Waals surface area contributed by atoms with Gasteiger partial charge >= 0.3 is 0 Å². The quantitative estimate of drug-likeness (QED) is 0.805. The zero-order chi connectivity index (χ0) is 15.6. The van der Waals surface area contributed by atoms with Crippen molar-refractivity contribution >= 4 is 5.65 Å². The molecule has 0 radical (unpaired) electrons. The van der Waals surface area contributed by atoms with E-state index in [1.54, 1.807) is 0 Å². The van der Waals surface area contributed by atoms with Gasteiger partial charge in [-0.15, -0.1) is 0 Å². The molecule has 0 atom stereocenters. The first-order valence-electron chi connectivity index (χ1n) is 8.13. The Kier molecular flexibility index (Phi) is 3.81. The normalized spacial score (nSPS) is 16.0. The number of piperazine rings is 1. The summed E-state index contributed by atoms with van der Waals surface area (Å²) in [5.74, 6) is 0. The molecule has 4 heterocycles. The zero-order valence-electron chi connectivity index (χ0n) is 13.4. The molecule has 3 aromatic heterocycles. The molecule has 0 amide bonds. The van der Waals surface area contributed by atoms with E-state index in [0.29, 0.717) is 0 Å². The third-order valence-corrected chi connectivity index (χ3v) is 4.48. The Labute approximate surface area is 136 Å². The second kappa shape index (κ2) is 6.10. The van der Waals surface area contributed by atoms with Gasteiger partial charge in [-0.05, 0) is 30.7 Å². The molecule has 3 aromatic rings. The molecule has 5 nitrogen and oxygen atoms in total. The monoisotopic (exact) mass is 307 g/mol. The minimum atomic E-state index is 0.921. The molecular weight excluding hydrogens is 286 g/mol. The first-order chi connectivity index (χ1) is 11.3. The van der Waals surface area contributed by atoms with Crippen molar-refractivity contribution in [2.75, 3.05) is 26.2 Å². The van der Waals surface area contributed by atoms with E-state index in [0.717, 1.165) is 49.6 Å². The lowest BCUT2D eigenvalue weighted by atomic mass is 10.1. The highest BCUT2D eigenvalue weighted by molar-refractivity contribution is 5.67. The topological polar surface area (TPSA) is 45.5 Å². The second-order valence-electron chi connectivity index (χ2n) is 6.05. The van der Waals surface area contributed by atoms with E-state index in [1.165, 1.54) is 11.3 Å². The highest BCUT2D eigenvalue weighted by Crippen LogP contribution is 2.26. The SMILES string of the molecule is Cc1cccn2c(CN3CCNCC3)c(-c3ccncc3)nc12. The van der Waals surface area contributed by atoms with Crippen LogP contribution in [0.2, 0.25) is 0 Å². The lowest BCUT2D eigenvalue weighted by Gasteiger charge is -2.27. The van der Waals surface area contributed by atoms with E-state index in [-0.39, 0.29) is 0 Å². The first-order valence-corrected chi connectivity index (χ1v) is 8.13. The smallest absolute Gasteiger partial charge is 0.140 e. The number of pyridine rings is 2. The van der Waals surface area contributed by atoms with Crippen LogP contribution in [0, 0.1) is 6.92 Å². The van der Waals surface area contributed by atoms with E-state index in [4.69, 9.17) is 4.98 Å². The average molecular weight is 307 g/mol. The number of rotatable bonds is 3. The maximum atomic E-state index is 4.94. The number of fused-ring (bicyclic) bond motifs is 1. The molecule has 0 unspecified atom stereocenters. The van der Waals surface area contributed by atoms with Crippen molar-refractivity contribution in [3.63, 3.8) is 0 Å². The standard InChI is InChI=1S/C18H21N5/c1-14-3-2-10-23-16(13-22-11-8-20-9-12-22)17(21-18(14)23)15-4-6-19-7-5-15/h2-7,10,20H,8-9,11-13H2,1H3. The summed E-state index contributed by atoms with van der Waals surface area (Å²) >= 11 is 0. The fraction of sp³-hybridized carbons (Fsp3) is 0.333. The maximum absolute atomic E-state index is 4.94. The van der Waals surface area contributed by atoms with Gasteiger partial charge in [-0.25, -0.2) is 4.98 Å². The van der Waals surface area contributed by atoms with Gasteiger partial charge in [0.05, 0.1) is 11.4 Å². The van der Waals surface area contributed by atoms with Gasteiger partial charge in [0.15, 0.2) is 0 Å². The number of aromatic nitrogens is 3. The van der Waals surface area contributed by atoms with Crippen molar-refractivity contribution in [1.29, 1.82) is 0 Å². The number of hydrogen-bond donors (Lipinski definition) is 1. The average Bonchev–Trinajstić information content (AvgIpc) is 2.97. The molecule has 5 heteroatoms. The summed E-state index contributed by atoms with van der Waals surface area (Å²) in [5, 5.41) is 3.41. The van der Waals surface area contributed by atoms with Gasteiger partial charge in [0.2, 0.25) is 0 Å². The van der Waals surface area contributed by atoms with Gasteiger partial charge < -0.3 is 9.72 Å². The molecule has 0 aromatic carbocycles. The predicted molar refractivity (Wildman–Crippen MR) is 91.3 cm³/mol. The van der Waals surface area contributed by atoms with Crippen LogP contribution in [0.1, 0.15) is 11.3 Å². The molecule has 0 bridgehead atoms. The van der Waals surface area contributed by atoms with Crippen molar-refractivity contribution in [2.45, 2.75) is 13.5 Å². The van der Waals surface area contributed by atoms with Crippen LogP contribution < -0.4 is 5.32 Å². The van der Waals surface area contributed by atoms with Gasteiger partial charge in [0.1, 0.15) is 5.65 Å². The van der Waals surface area contributed by atoms with E-state index < -0.39 is 0 Å². The van der Waals surface area contributed by atoms with Crippen molar-refractivity contribution < 1.29 is 0 Å². The fourth-order valence-electron chi connectivity index (χ4n) is 3.23. The summed E-state index contributed by atoms with van der Waals surface area (Å²) in [6.45, 7) is 7.31. The van der Waals surface area contributed by atoms with Crippen LogP contribution in [0.4, 0.5) is 0 Å². The molecule has 1 aliphatic heterocycles. The second-order valence-corrected chi connectivity index (χ2v) is 6.05. The molecule has 0 saturated carbocycles. The summed E-state index contributed by atoms with van der Waals surface area (Å²) in [5.41, 5.74) is 5.71. The van der Waals surface area contributed by atoms with Gasteiger partial charge in [-0.3, -0.25) is 9.88 Å². The third-order valence-electron chi connectivity index (χ3n) is 4.48. The summed E-state index contributed by atoms with van der Waals surface area (Å²) in [4.78, 5) is 11.6. The Morgan fingerprint density at radius 3 is 2.70 bits per heavy atom. The predicted octanol–water partition coefficient (Wildman–Crippen LogP) is 2.11. The van der Waals surface area contributed by atoms with Crippen LogP contribution in [0.25, 0.3) is 16.9 Å². The van der Waals surface area contributed by atoms with Gasteiger partial charge in [0, 0.05) is 56.9 Å². The van der Waals surface area contributed by atoms with Gasteiger partial charge in [-0.2, -0.15) is 0 Å². The number of nitrogens with one attached hydrogen (secondary N) is 1. The summed E-state index contributed by atoms with van der Waals surface area (Å²) in [7, 11) is 0. The molecule has 4 rings (SSSR count). The number of hydrogen-bond acceptors (Lipinski definition) is 4. The molecule has 118 valence electrons. The fourth-order valence-corrected chi connectivity index (χ4v) is 3.23. The molecule has 0 spiro atoms. The highest BCUT2D eigenvalue weighted by atomic mass is 15.2. The minimum absolute atomic E-state index is 0.921.